The Kier molecular flexibility index (Phi) is 3.04. The van der Waals surface area contributed by atoms with Gasteiger partial charge in [-0.3, -0.25) is 4.79 Å². The van der Waals surface area contributed by atoms with Crippen LogP contribution in [0.15, 0.2) is 12.3 Å². The molecule has 1 saturated heterocycles. The molecule has 2 aliphatic heterocycles. The largest absolute Gasteiger partial charge is 0.310 e. The van der Waals surface area contributed by atoms with E-state index in [0.717, 1.165) is 24.7 Å². The number of anilines is 1. The highest BCUT2D eigenvalue weighted by molar-refractivity contribution is 5.92. The Balaban J connectivity index is 1.80. The number of rotatable bonds is 1. The molecule has 3 rings (SSSR count). The average molecular weight is 245 g/mol. The molecule has 96 valence electrons. The first-order chi connectivity index (χ1) is 8.72. The van der Waals surface area contributed by atoms with Crippen LogP contribution in [0.2, 0.25) is 0 Å². The minimum Gasteiger partial charge on any atom is -0.310 e. The summed E-state index contributed by atoms with van der Waals surface area (Å²) >= 11 is 0. The molecule has 0 saturated carbocycles. The standard InChI is InChI=1S/C14H19N3O/c1-9-2-4-12(15-7-9)11-6-10-3-5-13(18)17-14(10)16-8-11/h6,8-9,12,15H,2-5,7H2,1H3,(H,16,17,18)/t9-,12+/m1/s1. The molecule has 2 aliphatic rings. The maximum atomic E-state index is 11.3. The molecule has 0 spiro atoms. The molecular formula is C14H19N3O. The second kappa shape index (κ2) is 4.69. The van der Waals surface area contributed by atoms with Gasteiger partial charge in [0, 0.05) is 18.7 Å². The molecule has 2 atom stereocenters. The molecule has 0 radical (unpaired) electrons. The molecule has 0 unspecified atom stereocenters. The van der Waals surface area contributed by atoms with Crippen LogP contribution in [0, 0.1) is 5.92 Å². The number of amides is 1. The molecule has 0 aliphatic carbocycles. The normalized spacial score (nSPS) is 27.5. The first-order valence-electron chi connectivity index (χ1n) is 6.74. The van der Waals surface area contributed by atoms with E-state index in [-0.39, 0.29) is 5.91 Å². The van der Waals surface area contributed by atoms with E-state index in [2.05, 4.69) is 28.6 Å². The first-order valence-corrected chi connectivity index (χ1v) is 6.74. The van der Waals surface area contributed by atoms with Gasteiger partial charge in [0.25, 0.3) is 0 Å². The number of hydrogen-bond donors (Lipinski definition) is 2. The Bertz CT molecular complexity index is 464. The smallest absolute Gasteiger partial charge is 0.225 e. The molecule has 1 aromatic rings. The van der Waals surface area contributed by atoms with Gasteiger partial charge in [0.1, 0.15) is 5.82 Å². The van der Waals surface area contributed by atoms with E-state index in [1.54, 1.807) is 0 Å². The van der Waals surface area contributed by atoms with Gasteiger partial charge < -0.3 is 10.6 Å². The summed E-state index contributed by atoms with van der Waals surface area (Å²) in [6, 6.07) is 2.63. The van der Waals surface area contributed by atoms with Gasteiger partial charge in [0.15, 0.2) is 0 Å². The van der Waals surface area contributed by atoms with Crippen molar-refractivity contribution >= 4 is 11.7 Å². The molecular weight excluding hydrogens is 226 g/mol. The Hall–Kier alpha value is -1.42. The fraction of sp³-hybridized carbons (Fsp3) is 0.571. The second-order valence-electron chi connectivity index (χ2n) is 5.47. The van der Waals surface area contributed by atoms with Gasteiger partial charge in [-0.2, -0.15) is 0 Å². The van der Waals surface area contributed by atoms with E-state index in [9.17, 15) is 4.79 Å². The molecule has 18 heavy (non-hydrogen) atoms. The number of nitrogens with zero attached hydrogens (tertiary/aromatic N) is 1. The van der Waals surface area contributed by atoms with Crippen LogP contribution in [0.3, 0.4) is 0 Å². The summed E-state index contributed by atoms with van der Waals surface area (Å²) in [5, 5.41) is 6.40. The van der Waals surface area contributed by atoms with Crippen molar-refractivity contribution in [1.29, 1.82) is 0 Å². The van der Waals surface area contributed by atoms with Crippen LogP contribution in [0.4, 0.5) is 5.82 Å². The van der Waals surface area contributed by atoms with Crippen molar-refractivity contribution in [2.45, 2.75) is 38.6 Å². The third kappa shape index (κ3) is 2.25. The van der Waals surface area contributed by atoms with Crippen molar-refractivity contribution in [2.24, 2.45) is 5.92 Å². The third-order valence-electron chi connectivity index (χ3n) is 3.93. The summed E-state index contributed by atoms with van der Waals surface area (Å²) < 4.78 is 0. The molecule has 0 aromatic carbocycles. The second-order valence-corrected chi connectivity index (χ2v) is 5.47. The van der Waals surface area contributed by atoms with Crippen LogP contribution in [0.5, 0.6) is 0 Å². The Labute approximate surface area is 107 Å². The van der Waals surface area contributed by atoms with Gasteiger partial charge in [0.2, 0.25) is 5.91 Å². The molecule has 3 heterocycles. The summed E-state index contributed by atoms with van der Waals surface area (Å²) in [7, 11) is 0. The minimum atomic E-state index is 0.0763. The van der Waals surface area contributed by atoms with Gasteiger partial charge in [-0.1, -0.05) is 6.92 Å². The summed E-state index contributed by atoms with van der Waals surface area (Å²) in [6.07, 6.45) is 5.73. The quantitative estimate of drug-likeness (QED) is 0.796. The van der Waals surface area contributed by atoms with Crippen molar-refractivity contribution in [3.05, 3.63) is 23.4 Å². The predicted molar refractivity (Wildman–Crippen MR) is 70.3 cm³/mol. The van der Waals surface area contributed by atoms with E-state index < -0.39 is 0 Å². The van der Waals surface area contributed by atoms with Gasteiger partial charge >= 0.3 is 0 Å². The fourth-order valence-electron chi connectivity index (χ4n) is 2.75. The van der Waals surface area contributed by atoms with Crippen LogP contribution >= 0.6 is 0 Å². The van der Waals surface area contributed by atoms with E-state index >= 15 is 0 Å². The van der Waals surface area contributed by atoms with Crippen LogP contribution in [-0.2, 0) is 11.2 Å². The SMILES string of the molecule is C[C@@H]1CC[C@@H](c2cnc3c(c2)CCC(=O)N3)NC1. The number of fused-ring (bicyclic) bond motifs is 1. The number of carbonyl (C=O) groups is 1. The number of nitrogens with one attached hydrogen (secondary N) is 2. The van der Waals surface area contributed by atoms with E-state index in [1.807, 2.05) is 6.20 Å². The maximum Gasteiger partial charge on any atom is 0.225 e. The Morgan fingerprint density at radius 2 is 2.22 bits per heavy atom. The highest BCUT2D eigenvalue weighted by atomic mass is 16.1. The van der Waals surface area contributed by atoms with Gasteiger partial charge in [-0.15, -0.1) is 0 Å². The van der Waals surface area contributed by atoms with Crippen LogP contribution in [-0.4, -0.2) is 17.4 Å². The monoisotopic (exact) mass is 245 g/mol. The summed E-state index contributed by atoms with van der Waals surface area (Å²) in [4.78, 5) is 15.7. The molecule has 1 fully saturated rings. The third-order valence-corrected chi connectivity index (χ3v) is 3.93. The molecule has 0 bridgehead atoms. The number of carbonyl (C=O) groups excluding carboxylic acids is 1. The fourth-order valence-corrected chi connectivity index (χ4v) is 2.75. The van der Waals surface area contributed by atoms with Crippen molar-refractivity contribution in [1.82, 2.24) is 10.3 Å². The number of aromatic nitrogens is 1. The molecule has 2 N–H and O–H groups in total. The van der Waals surface area contributed by atoms with Gasteiger partial charge in [-0.05, 0) is 48.9 Å². The zero-order valence-electron chi connectivity index (χ0n) is 10.7. The molecule has 4 nitrogen and oxygen atoms in total. The average Bonchev–Trinajstić information content (AvgIpc) is 2.39. The van der Waals surface area contributed by atoms with Crippen molar-refractivity contribution < 1.29 is 4.79 Å². The van der Waals surface area contributed by atoms with Crippen LogP contribution in [0.1, 0.15) is 43.4 Å². The molecule has 4 heteroatoms. The lowest BCUT2D eigenvalue weighted by molar-refractivity contribution is -0.116. The van der Waals surface area contributed by atoms with Crippen molar-refractivity contribution in [3.63, 3.8) is 0 Å². The zero-order valence-corrected chi connectivity index (χ0v) is 10.7. The van der Waals surface area contributed by atoms with Crippen LogP contribution in [0.25, 0.3) is 0 Å². The lowest BCUT2D eigenvalue weighted by atomic mass is 9.91. The molecule has 1 amide bonds. The van der Waals surface area contributed by atoms with Crippen LogP contribution < -0.4 is 10.6 Å². The lowest BCUT2D eigenvalue weighted by Crippen LogP contribution is -2.32. The minimum absolute atomic E-state index is 0.0763. The van der Waals surface area contributed by atoms with E-state index in [0.29, 0.717) is 12.5 Å². The highest BCUT2D eigenvalue weighted by Gasteiger charge is 2.22. The summed E-state index contributed by atoms with van der Waals surface area (Å²) in [6.45, 7) is 3.36. The molecule has 1 aromatic heterocycles. The van der Waals surface area contributed by atoms with Gasteiger partial charge in [0.05, 0.1) is 0 Å². The summed E-state index contributed by atoms with van der Waals surface area (Å²) in [5.41, 5.74) is 2.43. The van der Waals surface area contributed by atoms with E-state index in [4.69, 9.17) is 0 Å². The lowest BCUT2D eigenvalue weighted by Gasteiger charge is -2.28. The first kappa shape index (κ1) is 11.7. The maximum absolute atomic E-state index is 11.3. The predicted octanol–water partition coefficient (Wildman–Crippen LogP) is 2.03. The van der Waals surface area contributed by atoms with Crippen molar-refractivity contribution in [3.8, 4) is 0 Å². The zero-order chi connectivity index (χ0) is 12.5. The Morgan fingerprint density at radius 3 is 3.00 bits per heavy atom. The summed E-state index contributed by atoms with van der Waals surface area (Å²) in [5.74, 6) is 1.60. The highest BCUT2D eigenvalue weighted by Crippen LogP contribution is 2.28. The number of pyridine rings is 1. The van der Waals surface area contributed by atoms with Gasteiger partial charge in [-0.25, -0.2) is 4.98 Å². The van der Waals surface area contributed by atoms with E-state index in [1.165, 1.54) is 24.0 Å². The topological polar surface area (TPSA) is 54.0 Å². The number of piperidine rings is 1. The number of aryl methyl sites for hydroxylation is 1. The number of hydrogen-bond acceptors (Lipinski definition) is 3. The van der Waals surface area contributed by atoms with Crippen molar-refractivity contribution in [2.75, 3.05) is 11.9 Å². The Morgan fingerprint density at radius 1 is 1.33 bits per heavy atom.